The fraction of sp³-hybridized carbons (Fsp3) is 0.500. The van der Waals surface area contributed by atoms with Crippen LogP contribution in [0.2, 0.25) is 0 Å². The van der Waals surface area contributed by atoms with Crippen LogP contribution in [-0.2, 0) is 10.0 Å². The van der Waals surface area contributed by atoms with Crippen molar-refractivity contribution in [1.82, 2.24) is 4.31 Å². The van der Waals surface area contributed by atoms with Crippen LogP contribution in [0.1, 0.15) is 13.3 Å². The third kappa shape index (κ3) is 2.74. The van der Waals surface area contributed by atoms with Gasteiger partial charge in [0, 0.05) is 13.1 Å². The van der Waals surface area contributed by atoms with Gasteiger partial charge < -0.3 is 5.73 Å². The van der Waals surface area contributed by atoms with Crippen LogP contribution in [-0.4, -0.2) is 32.4 Å². The van der Waals surface area contributed by atoms with Crippen molar-refractivity contribution in [2.45, 2.75) is 18.2 Å². The van der Waals surface area contributed by atoms with Crippen molar-refractivity contribution < 1.29 is 17.2 Å². The van der Waals surface area contributed by atoms with Gasteiger partial charge in [0.2, 0.25) is 10.0 Å². The minimum atomic E-state index is -4.05. The zero-order valence-electron chi connectivity index (χ0n) is 10.9. The van der Waals surface area contributed by atoms with E-state index in [1.807, 2.05) is 6.92 Å². The van der Waals surface area contributed by atoms with Gasteiger partial charge >= 0.3 is 0 Å². The van der Waals surface area contributed by atoms with Crippen LogP contribution in [0.25, 0.3) is 0 Å². The Morgan fingerprint density at radius 3 is 2.60 bits per heavy atom. The molecule has 1 aromatic rings. The van der Waals surface area contributed by atoms with Crippen LogP contribution in [0.3, 0.4) is 0 Å². The Kier molecular flexibility index (Phi) is 4.21. The summed E-state index contributed by atoms with van der Waals surface area (Å²) < 4.78 is 53.1. The van der Waals surface area contributed by atoms with Crippen LogP contribution in [0.15, 0.2) is 21.5 Å². The third-order valence-electron chi connectivity index (χ3n) is 3.61. The molecule has 0 aromatic heterocycles. The molecule has 1 fully saturated rings. The number of sulfonamides is 1. The summed E-state index contributed by atoms with van der Waals surface area (Å²) in [7, 11) is -4.05. The zero-order chi connectivity index (χ0) is 15.1. The highest BCUT2D eigenvalue weighted by Crippen LogP contribution is 2.34. The molecule has 0 aliphatic carbocycles. The molecule has 0 saturated carbocycles. The first-order valence-corrected chi connectivity index (χ1v) is 8.28. The lowest BCUT2D eigenvalue weighted by Crippen LogP contribution is -2.34. The summed E-state index contributed by atoms with van der Waals surface area (Å²) in [4.78, 5) is -0.639. The topological polar surface area (TPSA) is 63.4 Å². The number of hydrogen-bond acceptors (Lipinski definition) is 3. The average Bonchev–Trinajstić information content (AvgIpc) is 2.78. The maximum absolute atomic E-state index is 13.8. The minimum Gasteiger partial charge on any atom is -0.330 e. The molecule has 1 atom stereocenters. The molecular weight excluding hydrogens is 354 g/mol. The van der Waals surface area contributed by atoms with Crippen molar-refractivity contribution in [3.05, 3.63) is 28.2 Å². The molecule has 2 rings (SSSR count). The Morgan fingerprint density at radius 2 is 2.05 bits per heavy atom. The SMILES string of the molecule is CC1(CN)CCN(S(=O)(=O)c2cc(F)c(Br)cc2F)C1. The van der Waals surface area contributed by atoms with Gasteiger partial charge in [-0.15, -0.1) is 0 Å². The Bertz CT molecular complexity index is 639. The molecule has 2 N–H and O–H groups in total. The maximum Gasteiger partial charge on any atom is 0.246 e. The van der Waals surface area contributed by atoms with Crippen LogP contribution in [0.5, 0.6) is 0 Å². The number of nitrogens with two attached hydrogens (primary N) is 1. The number of rotatable bonds is 3. The third-order valence-corrected chi connectivity index (χ3v) is 6.08. The van der Waals surface area contributed by atoms with E-state index in [2.05, 4.69) is 15.9 Å². The van der Waals surface area contributed by atoms with Crippen molar-refractivity contribution in [3.8, 4) is 0 Å². The smallest absolute Gasteiger partial charge is 0.246 e. The number of halogens is 3. The average molecular weight is 369 g/mol. The van der Waals surface area contributed by atoms with E-state index in [4.69, 9.17) is 5.73 Å². The lowest BCUT2D eigenvalue weighted by Gasteiger charge is -2.22. The quantitative estimate of drug-likeness (QED) is 0.830. The first-order valence-electron chi connectivity index (χ1n) is 6.04. The van der Waals surface area contributed by atoms with E-state index >= 15 is 0 Å². The molecule has 8 heteroatoms. The van der Waals surface area contributed by atoms with Crippen molar-refractivity contribution >= 4 is 26.0 Å². The number of hydrogen-bond donors (Lipinski definition) is 1. The van der Waals surface area contributed by atoms with E-state index in [0.717, 1.165) is 10.4 Å². The van der Waals surface area contributed by atoms with Crippen molar-refractivity contribution in [1.29, 1.82) is 0 Å². The largest absolute Gasteiger partial charge is 0.330 e. The molecule has 1 aliphatic heterocycles. The number of nitrogens with zero attached hydrogens (tertiary/aromatic N) is 1. The summed E-state index contributed by atoms with van der Waals surface area (Å²) in [5.41, 5.74) is 5.30. The van der Waals surface area contributed by atoms with Crippen LogP contribution in [0, 0.1) is 17.0 Å². The fourth-order valence-electron chi connectivity index (χ4n) is 2.19. The molecule has 112 valence electrons. The summed E-state index contributed by atoms with van der Waals surface area (Å²) in [6, 6.07) is 1.52. The highest BCUT2D eigenvalue weighted by Gasteiger charge is 2.40. The minimum absolute atomic E-state index is 0.109. The monoisotopic (exact) mass is 368 g/mol. The molecule has 20 heavy (non-hydrogen) atoms. The molecule has 1 unspecified atom stereocenters. The summed E-state index contributed by atoms with van der Waals surface area (Å²) >= 11 is 2.82. The van der Waals surface area contributed by atoms with Gasteiger partial charge in [0.05, 0.1) is 4.47 Å². The van der Waals surface area contributed by atoms with E-state index in [9.17, 15) is 17.2 Å². The first kappa shape index (κ1) is 15.8. The summed E-state index contributed by atoms with van der Waals surface area (Å²) in [6.07, 6.45) is 0.601. The molecule has 1 heterocycles. The van der Waals surface area contributed by atoms with E-state index in [1.165, 1.54) is 0 Å². The zero-order valence-corrected chi connectivity index (χ0v) is 13.3. The van der Waals surface area contributed by atoms with Gasteiger partial charge in [0.1, 0.15) is 16.5 Å². The van der Waals surface area contributed by atoms with Crippen molar-refractivity contribution in [2.24, 2.45) is 11.1 Å². The molecule has 1 saturated heterocycles. The van der Waals surface area contributed by atoms with E-state index in [1.54, 1.807) is 0 Å². The Morgan fingerprint density at radius 1 is 1.40 bits per heavy atom. The predicted octanol–water partition coefficient (Wildman–Crippen LogP) is 2.09. The van der Waals surface area contributed by atoms with Gasteiger partial charge in [-0.05, 0) is 46.4 Å². The van der Waals surface area contributed by atoms with Crippen LogP contribution in [0.4, 0.5) is 8.78 Å². The fourth-order valence-corrected chi connectivity index (χ4v) is 4.16. The van der Waals surface area contributed by atoms with Gasteiger partial charge in [-0.1, -0.05) is 6.92 Å². The van der Waals surface area contributed by atoms with Gasteiger partial charge in [0.15, 0.2) is 0 Å². The van der Waals surface area contributed by atoms with Crippen LogP contribution >= 0.6 is 15.9 Å². The number of benzene rings is 1. The maximum atomic E-state index is 13.8. The molecule has 1 aliphatic rings. The molecule has 0 amide bonds. The van der Waals surface area contributed by atoms with Gasteiger partial charge in [-0.3, -0.25) is 0 Å². The normalized spacial score (nSPS) is 24.2. The molecule has 0 spiro atoms. The summed E-state index contributed by atoms with van der Waals surface area (Å²) in [5, 5.41) is 0. The molecule has 0 radical (unpaired) electrons. The highest BCUT2D eigenvalue weighted by molar-refractivity contribution is 9.10. The molecule has 4 nitrogen and oxygen atoms in total. The Balaban J connectivity index is 2.40. The Hall–Kier alpha value is -0.570. The van der Waals surface area contributed by atoms with Gasteiger partial charge in [-0.2, -0.15) is 4.31 Å². The predicted molar refractivity (Wildman–Crippen MR) is 74.6 cm³/mol. The second kappa shape index (κ2) is 5.32. The molecule has 0 bridgehead atoms. The van der Waals surface area contributed by atoms with E-state index in [0.29, 0.717) is 19.0 Å². The van der Waals surface area contributed by atoms with Gasteiger partial charge in [-0.25, -0.2) is 17.2 Å². The Labute approximate surface area is 125 Å². The summed E-state index contributed by atoms with van der Waals surface area (Å²) in [6.45, 7) is 2.69. The highest BCUT2D eigenvalue weighted by atomic mass is 79.9. The standard InChI is InChI=1S/C12H15BrF2N2O2S/c1-12(6-16)2-3-17(7-12)20(18,19)11-5-9(14)8(13)4-10(11)15/h4-5H,2-3,6-7,16H2,1H3. The lowest BCUT2D eigenvalue weighted by atomic mass is 9.90. The van der Waals surface area contributed by atoms with Crippen molar-refractivity contribution in [3.63, 3.8) is 0 Å². The second-order valence-electron chi connectivity index (χ2n) is 5.30. The van der Waals surface area contributed by atoms with Gasteiger partial charge in [0.25, 0.3) is 0 Å². The van der Waals surface area contributed by atoms with Crippen LogP contribution < -0.4 is 5.73 Å². The summed E-state index contributed by atoms with van der Waals surface area (Å²) in [5.74, 6) is -1.79. The van der Waals surface area contributed by atoms with E-state index < -0.39 is 26.6 Å². The second-order valence-corrected chi connectivity index (χ2v) is 8.06. The lowest BCUT2D eigenvalue weighted by molar-refractivity contribution is 0.349. The first-order chi connectivity index (χ1) is 9.19. The molecule has 1 aromatic carbocycles. The molecular formula is C12H15BrF2N2O2S. The van der Waals surface area contributed by atoms with Crippen molar-refractivity contribution in [2.75, 3.05) is 19.6 Å². The van der Waals surface area contributed by atoms with E-state index in [-0.39, 0.29) is 23.0 Å².